The number of carbonyl (C=O) groups excluding carboxylic acids is 1. The van der Waals surface area contributed by atoms with Gasteiger partial charge in [0.15, 0.2) is 0 Å². The molecule has 1 aromatic heterocycles. The molecule has 4 nitrogen and oxygen atoms in total. The minimum absolute atomic E-state index is 0.0138. The van der Waals surface area contributed by atoms with Crippen molar-refractivity contribution >= 4 is 23.1 Å². The smallest absolute Gasteiger partial charge is 0.319 e. The van der Waals surface area contributed by atoms with E-state index in [1.807, 2.05) is 17.5 Å². The van der Waals surface area contributed by atoms with Crippen LogP contribution in [0.3, 0.4) is 0 Å². The average Bonchev–Trinajstić information content (AvgIpc) is 3.24. The number of anilines is 1. The van der Waals surface area contributed by atoms with E-state index in [1.165, 1.54) is 17.4 Å². The standard InChI is InChI=1S/C16H16F2N2O2S/c17-11-3-1-4-12(18)14(11)20-15(21)19-9-16(22,10-6-7-10)13-5-2-8-23-13/h1-5,8,10,22H,6-7,9H2,(H2,19,20,21). The van der Waals surface area contributed by atoms with Crippen molar-refractivity contribution < 1.29 is 18.7 Å². The van der Waals surface area contributed by atoms with Crippen LogP contribution in [0.4, 0.5) is 19.3 Å². The van der Waals surface area contributed by atoms with E-state index in [2.05, 4.69) is 10.6 Å². The molecule has 1 aliphatic carbocycles. The molecule has 1 aromatic carbocycles. The molecule has 122 valence electrons. The fourth-order valence-electron chi connectivity index (χ4n) is 2.51. The molecule has 2 aromatic rings. The lowest BCUT2D eigenvalue weighted by molar-refractivity contribution is 0.0200. The summed E-state index contributed by atoms with van der Waals surface area (Å²) in [6, 6.07) is 6.23. The van der Waals surface area contributed by atoms with E-state index in [4.69, 9.17) is 0 Å². The molecular formula is C16H16F2N2O2S. The number of hydrogen-bond donors (Lipinski definition) is 3. The monoisotopic (exact) mass is 338 g/mol. The Morgan fingerprint density at radius 2 is 1.96 bits per heavy atom. The summed E-state index contributed by atoms with van der Waals surface area (Å²) in [5.41, 5.74) is -1.64. The van der Waals surface area contributed by atoms with Crippen LogP contribution in [0.2, 0.25) is 0 Å². The van der Waals surface area contributed by atoms with Gasteiger partial charge < -0.3 is 15.7 Å². The highest BCUT2D eigenvalue weighted by atomic mass is 32.1. The van der Waals surface area contributed by atoms with E-state index in [1.54, 1.807) is 0 Å². The van der Waals surface area contributed by atoms with Gasteiger partial charge in [-0.3, -0.25) is 0 Å². The van der Waals surface area contributed by atoms with Crippen LogP contribution in [0.15, 0.2) is 35.7 Å². The van der Waals surface area contributed by atoms with Crippen LogP contribution in [-0.4, -0.2) is 17.7 Å². The van der Waals surface area contributed by atoms with Crippen molar-refractivity contribution in [2.45, 2.75) is 18.4 Å². The Kier molecular flexibility index (Phi) is 4.32. The predicted octanol–water partition coefficient (Wildman–Crippen LogP) is 3.45. The second kappa shape index (κ2) is 6.25. The maximum absolute atomic E-state index is 13.5. The largest absolute Gasteiger partial charge is 0.382 e. The molecule has 23 heavy (non-hydrogen) atoms. The van der Waals surface area contributed by atoms with Crippen molar-refractivity contribution in [3.8, 4) is 0 Å². The van der Waals surface area contributed by atoms with Crippen LogP contribution in [0.25, 0.3) is 0 Å². The lowest BCUT2D eigenvalue weighted by atomic mass is 9.96. The summed E-state index contributed by atoms with van der Waals surface area (Å²) in [4.78, 5) is 12.7. The van der Waals surface area contributed by atoms with Crippen LogP contribution in [0.1, 0.15) is 17.7 Å². The van der Waals surface area contributed by atoms with Gasteiger partial charge in [0.1, 0.15) is 22.9 Å². The first kappa shape index (κ1) is 15.9. The van der Waals surface area contributed by atoms with Crippen molar-refractivity contribution in [1.82, 2.24) is 5.32 Å². The van der Waals surface area contributed by atoms with E-state index in [0.29, 0.717) is 0 Å². The Hall–Kier alpha value is -1.99. The van der Waals surface area contributed by atoms with Crippen LogP contribution < -0.4 is 10.6 Å². The van der Waals surface area contributed by atoms with Crippen LogP contribution in [0.5, 0.6) is 0 Å². The third-order valence-corrected chi connectivity index (χ3v) is 4.96. The summed E-state index contributed by atoms with van der Waals surface area (Å²) < 4.78 is 27.0. The molecule has 3 N–H and O–H groups in total. The highest BCUT2D eigenvalue weighted by Gasteiger charge is 2.46. The SMILES string of the molecule is O=C(NCC(O)(c1cccs1)C1CC1)Nc1c(F)cccc1F. The molecule has 1 aliphatic rings. The maximum Gasteiger partial charge on any atom is 0.319 e. The number of para-hydroxylation sites is 1. The first-order valence-electron chi connectivity index (χ1n) is 7.26. The van der Waals surface area contributed by atoms with Crippen LogP contribution in [0, 0.1) is 17.6 Å². The van der Waals surface area contributed by atoms with E-state index in [0.717, 1.165) is 29.9 Å². The molecule has 0 bridgehead atoms. The number of hydrogen-bond acceptors (Lipinski definition) is 3. The zero-order valence-electron chi connectivity index (χ0n) is 12.2. The number of halogens is 2. The summed E-state index contributed by atoms with van der Waals surface area (Å²) in [6.45, 7) is -0.0138. The maximum atomic E-state index is 13.5. The van der Waals surface area contributed by atoms with Gasteiger partial charge in [-0.25, -0.2) is 13.6 Å². The molecular weight excluding hydrogens is 322 g/mol. The van der Waals surface area contributed by atoms with E-state index in [9.17, 15) is 18.7 Å². The third kappa shape index (κ3) is 3.35. The molecule has 1 heterocycles. The van der Waals surface area contributed by atoms with Gasteiger partial charge in [-0.1, -0.05) is 12.1 Å². The molecule has 2 amide bonds. The fraction of sp³-hybridized carbons (Fsp3) is 0.312. The quantitative estimate of drug-likeness (QED) is 0.782. The minimum Gasteiger partial charge on any atom is -0.382 e. The zero-order chi connectivity index (χ0) is 16.4. The second-order valence-corrected chi connectivity index (χ2v) is 6.53. The van der Waals surface area contributed by atoms with Crippen molar-refractivity contribution in [3.05, 3.63) is 52.2 Å². The Balaban J connectivity index is 1.66. The van der Waals surface area contributed by atoms with Gasteiger partial charge in [0.2, 0.25) is 0 Å². The number of carbonyl (C=O) groups is 1. The summed E-state index contributed by atoms with van der Waals surface area (Å²) in [6.07, 6.45) is 1.78. The number of thiophene rings is 1. The first-order chi connectivity index (χ1) is 11.0. The highest BCUT2D eigenvalue weighted by molar-refractivity contribution is 7.10. The van der Waals surface area contributed by atoms with Crippen molar-refractivity contribution in [1.29, 1.82) is 0 Å². The Bertz CT molecular complexity index is 684. The van der Waals surface area contributed by atoms with Crippen LogP contribution >= 0.6 is 11.3 Å². The van der Waals surface area contributed by atoms with E-state index < -0.39 is 29.0 Å². The molecule has 0 saturated heterocycles. The molecule has 0 radical (unpaired) electrons. The number of amides is 2. The summed E-state index contributed by atoms with van der Waals surface area (Å²) in [5, 5.41) is 17.4. The molecule has 1 fully saturated rings. The lowest BCUT2D eigenvalue weighted by Crippen LogP contribution is -2.43. The molecule has 7 heteroatoms. The third-order valence-electron chi connectivity index (χ3n) is 3.92. The Labute approximate surface area is 136 Å². The van der Waals surface area contributed by atoms with Crippen molar-refractivity contribution in [3.63, 3.8) is 0 Å². The van der Waals surface area contributed by atoms with E-state index in [-0.39, 0.29) is 12.5 Å². The van der Waals surface area contributed by atoms with Gasteiger partial charge in [-0.05, 0) is 42.3 Å². The number of aliphatic hydroxyl groups is 1. The van der Waals surface area contributed by atoms with Crippen molar-refractivity contribution in [2.75, 3.05) is 11.9 Å². The van der Waals surface area contributed by atoms with Gasteiger partial charge in [0.05, 0.1) is 6.54 Å². The number of benzene rings is 1. The van der Waals surface area contributed by atoms with Gasteiger partial charge in [0, 0.05) is 4.88 Å². The molecule has 3 rings (SSSR count). The number of rotatable bonds is 5. The molecule has 0 aliphatic heterocycles. The highest BCUT2D eigenvalue weighted by Crippen LogP contribution is 2.46. The lowest BCUT2D eigenvalue weighted by Gasteiger charge is -2.27. The van der Waals surface area contributed by atoms with Gasteiger partial charge in [0.25, 0.3) is 0 Å². The minimum atomic E-state index is -1.14. The Morgan fingerprint density at radius 3 is 2.52 bits per heavy atom. The fourth-order valence-corrected chi connectivity index (χ4v) is 3.41. The second-order valence-electron chi connectivity index (χ2n) is 5.58. The van der Waals surface area contributed by atoms with Gasteiger partial charge in [-0.15, -0.1) is 11.3 Å². The normalized spacial score (nSPS) is 16.7. The predicted molar refractivity (Wildman–Crippen MR) is 84.3 cm³/mol. The average molecular weight is 338 g/mol. The van der Waals surface area contributed by atoms with Gasteiger partial charge >= 0.3 is 6.03 Å². The van der Waals surface area contributed by atoms with E-state index >= 15 is 0 Å². The topological polar surface area (TPSA) is 61.4 Å². The van der Waals surface area contributed by atoms with Crippen LogP contribution in [-0.2, 0) is 5.60 Å². The van der Waals surface area contributed by atoms with Gasteiger partial charge in [-0.2, -0.15) is 0 Å². The first-order valence-corrected chi connectivity index (χ1v) is 8.14. The molecule has 1 saturated carbocycles. The summed E-state index contributed by atoms with van der Waals surface area (Å²) in [5.74, 6) is -1.61. The number of nitrogens with one attached hydrogen (secondary N) is 2. The molecule has 1 atom stereocenters. The van der Waals surface area contributed by atoms with Crippen molar-refractivity contribution in [2.24, 2.45) is 5.92 Å². The Morgan fingerprint density at radius 1 is 1.26 bits per heavy atom. The zero-order valence-corrected chi connectivity index (χ0v) is 13.0. The number of urea groups is 1. The summed E-state index contributed by atoms with van der Waals surface area (Å²) >= 11 is 1.42. The summed E-state index contributed by atoms with van der Waals surface area (Å²) in [7, 11) is 0. The molecule has 0 spiro atoms. The molecule has 1 unspecified atom stereocenters.